The Hall–Kier alpha value is -2.55. The van der Waals surface area contributed by atoms with Gasteiger partial charge in [0.15, 0.2) is 11.5 Å². The first-order valence-corrected chi connectivity index (χ1v) is 9.42. The van der Waals surface area contributed by atoms with E-state index in [0.29, 0.717) is 23.5 Å². The first kappa shape index (κ1) is 17.8. The molecule has 0 amide bonds. The maximum atomic E-state index is 10.1. The first-order chi connectivity index (χ1) is 13.3. The van der Waals surface area contributed by atoms with E-state index in [1.54, 1.807) is 0 Å². The van der Waals surface area contributed by atoms with Crippen LogP contribution in [0.15, 0.2) is 58.2 Å². The minimum atomic E-state index is -0.643. The maximum absolute atomic E-state index is 10.1. The van der Waals surface area contributed by atoms with Gasteiger partial charge in [-0.25, -0.2) is 0 Å². The van der Waals surface area contributed by atoms with Crippen LogP contribution in [0.5, 0.6) is 11.5 Å². The van der Waals surface area contributed by atoms with E-state index < -0.39 is 6.10 Å². The zero-order chi connectivity index (χ0) is 18.5. The summed E-state index contributed by atoms with van der Waals surface area (Å²) < 4.78 is 21.8. The number of aromatic nitrogens is 2. The van der Waals surface area contributed by atoms with Crippen molar-refractivity contribution in [2.75, 3.05) is 19.2 Å². The van der Waals surface area contributed by atoms with Crippen LogP contribution in [0, 0.1) is 0 Å². The summed E-state index contributed by atoms with van der Waals surface area (Å²) in [7, 11) is 0. The summed E-state index contributed by atoms with van der Waals surface area (Å²) in [5, 5.41) is 18.5. The van der Waals surface area contributed by atoms with E-state index in [9.17, 15) is 5.11 Å². The molecule has 27 heavy (non-hydrogen) atoms. The van der Waals surface area contributed by atoms with Crippen LogP contribution in [0.4, 0.5) is 0 Å². The number of aliphatic hydroxyl groups is 1. The van der Waals surface area contributed by atoms with Crippen LogP contribution >= 0.6 is 11.8 Å². The Morgan fingerprint density at radius 1 is 1.07 bits per heavy atom. The predicted octanol–water partition coefficient (Wildman–Crippen LogP) is 3.14. The average Bonchev–Trinajstić information content (AvgIpc) is 3.36. The van der Waals surface area contributed by atoms with E-state index in [0.717, 1.165) is 22.6 Å². The molecule has 1 atom stereocenters. The van der Waals surface area contributed by atoms with Crippen LogP contribution < -0.4 is 9.47 Å². The summed E-state index contributed by atoms with van der Waals surface area (Å²) in [6.07, 6.45) is -0.643. The molecule has 1 N–H and O–H groups in total. The molecule has 1 aliphatic heterocycles. The van der Waals surface area contributed by atoms with E-state index in [1.807, 2.05) is 48.5 Å². The number of hydrogen-bond acceptors (Lipinski definition) is 8. The van der Waals surface area contributed by atoms with E-state index in [4.69, 9.17) is 18.6 Å². The summed E-state index contributed by atoms with van der Waals surface area (Å²) >= 11 is 1.30. The lowest BCUT2D eigenvalue weighted by Gasteiger charge is -2.10. The molecule has 4 rings (SSSR count). The Morgan fingerprint density at radius 3 is 2.81 bits per heavy atom. The van der Waals surface area contributed by atoms with Gasteiger partial charge < -0.3 is 23.7 Å². The summed E-state index contributed by atoms with van der Waals surface area (Å²) in [5.74, 6) is 2.33. The van der Waals surface area contributed by atoms with Gasteiger partial charge >= 0.3 is 0 Å². The Morgan fingerprint density at radius 2 is 1.93 bits per heavy atom. The number of fused-ring (bicyclic) bond motifs is 1. The summed E-state index contributed by atoms with van der Waals surface area (Å²) in [5.41, 5.74) is 1.83. The fraction of sp³-hybridized carbons (Fsp3) is 0.263. The fourth-order valence-electron chi connectivity index (χ4n) is 2.52. The van der Waals surface area contributed by atoms with Gasteiger partial charge in [-0.1, -0.05) is 36.0 Å². The van der Waals surface area contributed by atoms with Crippen LogP contribution in [-0.2, 0) is 11.3 Å². The molecule has 140 valence electrons. The monoisotopic (exact) mass is 386 g/mol. The molecular formula is C19H18N2O5S. The number of rotatable bonds is 8. The highest BCUT2D eigenvalue weighted by atomic mass is 32.2. The number of hydrogen-bond donors (Lipinski definition) is 1. The van der Waals surface area contributed by atoms with Gasteiger partial charge in [-0.15, -0.1) is 10.2 Å². The highest BCUT2D eigenvalue weighted by Crippen LogP contribution is 2.32. The van der Waals surface area contributed by atoms with Crippen LogP contribution in [0.1, 0.15) is 5.56 Å². The molecule has 2 heterocycles. The Kier molecular flexibility index (Phi) is 5.57. The topological polar surface area (TPSA) is 86.8 Å². The van der Waals surface area contributed by atoms with Crippen molar-refractivity contribution in [3.63, 3.8) is 0 Å². The third-order valence-corrected chi connectivity index (χ3v) is 4.81. The molecule has 0 saturated carbocycles. The van der Waals surface area contributed by atoms with Crippen molar-refractivity contribution in [1.82, 2.24) is 10.2 Å². The Bertz CT molecular complexity index is 887. The molecular weight excluding hydrogens is 368 g/mol. The SMILES string of the molecule is O[C@H](COCc1ccc2c(c1)OCO2)CSc1nnc(-c2ccccc2)o1. The Balaban J connectivity index is 1.21. The second-order valence-corrected chi connectivity index (χ2v) is 6.88. The highest BCUT2D eigenvalue weighted by molar-refractivity contribution is 7.99. The minimum Gasteiger partial charge on any atom is -0.454 e. The summed E-state index contributed by atoms with van der Waals surface area (Å²) in [6, 6.07) is 15.2. The van der Waals surface area contributed by atoms with E-state index in [-0.39, 0.29) is 13.4 Å². The molecule has 0 fully saturated rings. The van der Waals surface area contributed by atoms with E-state index in [1.165, 1.54) is 11.8 Å². The second kappa shape index (κ2) is 8.43. The number of thioether (sulfide) groups is 1. The van der Waals surface area contributed by atoms with Gasteiger partial charge in [0, 0.05) is 11.3 Å². The predicted molar refractivity (Wildman–Crippen MR) is 98.7 cm³/mol. The number of aliphatic hydroxyl groups excluding tert-OH is 1. The number of ether oxygens (including phenoxy) is 3. The van der Waals surface area contributed by atoms with Gasteiger partial charge in [-0.2, -0.15) is 0 Å². The number of nitrogens with zero attached hydrogens (tertiary/aromatic N) is 2. The fourth-order valence-corrected chi connectivity index (χ4v) is 3.19. The van der Waals surface area contributed by atoms with Crippen molar-refractivity contribution in [2.45, 2.75) is 17.9 Å². The van der Waals surface area contributed by atoms with Crippen molar-refractivity contribution >= 4 is 11.8 Å². The van der Waals surface area contributed by atoms with E-state index in [2.05, 4.69) is 10.2 Å². The van der Waals surface area contributed by atoms with Crippen molar-refractivity contribution in [2.24, 2.45) is 0 Å². The smallest absolute Gasteiger partial charge is 0.276 e. The van der Waals surface area contributed by atoms with Gasteiger partial charge in [0.2, 0.25) is 12.7 Å². The van der Waals surface area contributed by atoms with Crippen molar-refractivity contribution in [1.29, 1.82) is 0 Å². The molecule has 0 radical (unpaired) electrons. The molecule has 2 aromatic carbocycles. The van der Waals surface area contributed by atoms with Crippen molar-refractivity contribution in [3.05, 3.63) is 54.1 Å². The first-order valence-electron chi connectivity index (χ1n) is 8.44. The molecule has 1 aliphatic rings. The summed E-state index contributed by atoms with van der Waals surface area (Å²) in [6.45, 7) is 0.843. The zero-order valence-corrected chi connectivity index (χ0v) is 15.2. The molecule has 7 nitrogen and oxygen atoms in total. The largest absolute Gasteiger partial charge is 0.454 e. The normalized spacial score (nSPS) is 13.7. The molecule has 0 saturated heterocycles. The molecule has 0 aliphatic carbocycles. The third-order valence-electron chi connectivity index (χ3n) is 3.84. The van der Waals surface area contributed by atoms with Crippen LogP contribution in [-0.4, -0.2) is 40.6 Å². The maximum Gasteiger partial charge on any atom is 0.276 e. The van der Waals surface area contributed by atoms with Gasteiger partial charge in [-0.05, 0) is 29.8 Å². The third kappa shape index (κ3) is 4.60. The van der Waals surface area contributed by atoms with Crippen LogP contribution in [0.2, 0.25) is 0 Å². The molecule has 3 aromatic rings. The highest BCUT2D eigenvalue weighted by Gasteiger charge is 2.14. The van der Waals surface area contributed by atoms with Gasteiger partial charge in [0.1, 0.15) is 0 Å². The lowest BCUT2D eigenvalue weighted by Crippen LogP contribution is -2.17. The molecule has 0 unspecified atom stereocenters. The van der Waals surface area contributed by atoms with Gasteiger partial charge in [-0.3, -0.25) is 0 Å². The van der Waals surface area contributed by atoms with E-state index >= 15 is 0 Å². The molecule has 0 spiro atoms. The van der Waals surface area contributed by atoms with Crippen molar-refractivity contribution < 1.29 is 23.7 Å². The van der Waals surface area contributed by atoms with Crippen LogP contribution in [0.3, 0.4) is 0 Å². The van der Waals surface area contributed by atoms with Gasteiger partial charge in [0.25, 0.3) is 5.22 Å². The molecule has 8 heteroatoms. The summed E-state index contributed by atoms with van der Waals surface area (Å²) in [4.78, 5) is 0. The molecule has 0 bridgehead atoms. The second-order valence-electron chi connectivity index (χ2n) is 5.91. The lowest BCUT2D eigenvalue weighted by atomic mass is 10.2. The Labute approximate surface area is 160 Å². The number of benzene rings is 2. The quantitative estimate of drug-likeness (QED) is 0.591. The molecule has 1 aromatic heterocycles. The van der Waals surface area contributed by atoms with Gasteiger partial charge in [0.05, 0.1) is 19.3 Å². The standard InChI is InChI=1S/C19H18N2O5S/c22-15(10-23-9-13-6-7-16-17(8-13)25-12-24-16)11-27-19-21-20-18(26-19)14-4-2-1-3-5-14/h1-8,15,22H,9-12H2/t15-/m1/s1. The van der Waals surface area contributed by atoms with Crippen molar-refractivity contribution in [3.8, 4) is 23.0 Å². The average molecular weight is 386 g/mol. The zero-order valence-electron chi connectivity index (χ0n) is 14.4. The minimum absolute atomic E-state index is 0.209. The van der Waals surface area contributed by atoms with Crippen LogP contribution in [0.25, 0.3) is 11.5 Å². The lowest BCUT2D eigenvalue weighted by molar-refractivity contribution is 0.0396.